The second-order valence-electron chi connectivity index (χ2n) is 6.57. The van der Waals surface area contributed by atoms with Crippen molar-refractivity contribution in [1.29, 1.82) is 0 Å². The predicted octanol–water partition coefficient (Wildman–Crippen LogP) is 4.87. The molecule has 0 aliphatic heterocycles. The first-order chi connectivity index (χ1) is 11.8. The lowest BCUT2D eigenvalue weighted by Gasteiger charge is -2.12. The molecule has 0 atom stereocenters. The van der Waals surface area contributed by atoms with Gasteiger partial charge in [0.05, 0.1) is 11.1 Å². The first-order valence-electron chi connectivity index (χ1n) is 8.46. The Kier molecular flexibility index (Phi) is 4.39. The highest BCUT2D eigenvalue weighted by Crippen LogP contribution is 2.43. The van der Waals surface area contributed by atoms with Gasteiger partial charge in [-0.15, -0.1) is 0 Å². The number of rotatable bonds is 5. The SMILES string of the molecule is CCCc1c(-c2ccc(C(F)(F)F)cc2)c(C(N)=O)c(C)n1C1CC1. The summed E-state index contributed by atoms with van der Waals surface area (Å²) in [5.74, 6) is -0.538. The summed E-state index contributed by atoms with van der Waals surface area (Å²) in [6, 6.07) is 5.34. The zero-order valence-corrected chi connectivity index (χ0v) is 14.3. The number of nitrogens with two attached hydrogens (primary N) is 1. The molecule has 1 aromatic carbocycles. The summed E-state index contributed by atoms with van der Waals surface area (Å²) in [7, 11) is 0. The van der Waals surface area contributed by atoms with Crippen molar-refractivity contribution >= 4 is 5.91 Å². The summed E-state index contributed by atoms with van der Waals surface area (Å²) in [5, 5.41) is 0. The maximum absolute atomic E-state index is 12.8. The van der Waals surface area contributed by atoms with Crippen LogP contribution in [0.3, 0.4) is 0 Å². The van der Waals surface area contributed by atoms with E-state index >= 15 is 0 Å². The van der Waals surface area contributed by atoms with Crippen molar-refractivity contribution in [3.05, 3.63) is 46.8 Å². The van der Waals surface area contributed by atoms with E-state index in [1.54, 1.807) is 0 Å². The number of nitrogens with zero attached hydrogens (tertiary/aromatic N) is 1. The van der Waals surface area contributed by atoms with Gasteiger partial charge in [0.15, 0.2) is 0 Å². The van der Waals surface area contributed by atoms with Gasteiger partial charge in [0.25, 0.3) is 5.91 Å². The van der Waals surface area contributed by atoms with Gasteiger partial charge in [0.1, 0.15) is 0 Å². The normalized spacial score (nSPS) is 14.8. The van der Waals surface area contributed by atoms with Crippen LogP contribution >= 0.6 is 0 Å². The minimum absolute atomic E-state index is 0.364. The number of hydrogen-bond donors (Lipinski definition) is 1. The van der Waals surface area contributed by atoms with Crippen LogP contribution in [0.5, 0.6) is 0 Å². The molecule has 25 heavy (non-hydrogen) atoms. The summed E-state index contributed by atoms with van der Waals surface area (Å²) in [6.45, 7) is 3.91. The number of alkyl halides is 3. The first kappa shape index (κ1) is 17.6. The number of primary amides is 1. The molecule has 1 aromatic heterocycles. The third kappa shape index (κ3) is 3.17. The van der Waals surface area contributed by atoms with Crippen molar-refractivity contribution in [2.45, 2.75) is 51.7 Å². The minimum atomic E-state index is -4.38. The fourth-order valence-corrected chi connectivity index (χ4v) is 3.52. The molecule has 1 heterocycles. The molecule has 2 aromatic rings. The maximum atomic E-state index is 12.8. The number of halogens is 3. The van der Waals surface area contributed by atoms with E-state index in [9.17, 15) is 18.0 Å². The van der Waals surface area contributed by atoms with E-state index in [4.69, 9.17) is 5.73 Å². The van der Waals surface area contributed by atoms with E-state index in [0.29, 0.717) is 22.7 Å². The van der Waals surface area contributed by atoms with Crippen molar-refractivity contribution in [3.63, 3.8) is 0 Å². The second kappa shape index (κ2) is 6.24. The topological polar surface area (TPSA) is 48.0 Å². The van der Waals surface area contributed by atoms with Crippen molar-refractivity contribution in [2.75, 3.05) is 0 Å². The standard InChI is InChI=1S/C19H21F3N2O/c1-3-4-15-17(12-5-7-13(8-6-12)19(20,21)22)16(18(23)25)11(2)24(15)14-9-10-14/h5-8,14H,3-4,9-10H2,1-2H3,(H2,23,25). The molecule has 3 nitrogen and oxygen atoms in total. The molecular formula is C19H21F3N2O. The molecule has 0 unspecified atom stereocenters. The van der Waals surface area contributed by atoms with Crippen LogP contribution in [0.1, 0.15) is 59.5 Å². The van der Waals surface area contributed by atoms with Crippen LogP contribution in [-0.2, 0) is 12.6 Å². The number of benzene rings is 1. The van der Waals surface area contributed by atoms with Gasteiger partial charge >= 0.3 is 6.18 Å². The third-order valence-electron chi connectivity index (χ3n) is 4.70. The fourth-order valence-electron chi connectivity index (χ4n) is 3.52. The lowest BCUT2D eigenvalue weighted by Crippen LogP contribution is -2.13. The summed E-state index contributed by atoms with van der Waals surface area (Å²) < 4.78 is 40.7. The quantitative estimate of drug-likeness (QED) is 0.822. The molecule has 1 fully saturated rings. The van der Waals surface area contributed by atoms with Gasteiger partial charge < -0.3 is 10.3 Å². The Labute approximate surface area is 144 Å². The van der Waals surface area contributed by atoms with Gasteiger partial charge in [0, 0.05) is 23.0 Å². The van der Waals surface area contributed by atoms with Gasteiger partial charge in [0.2, 0.25) is 0 Å². The molecule has 1 saturated carbocycles. The van der Waals surface area contributed by atoms with E-state index in [1.165, 1.54) is 12.1 Å². The molecular weight excluding hydrogens is 329 g/mol. The Morgan fingerprint density at radius 1 is 1.24 bits per heavy atom. The second-order valence-corrected chi connectivity index (χ2v) is 6.57. The molecule has 6 heteroatoms. The van der Waals surface area contributed by atoms with E-state index in [0.717, 1.165) is 49.2 Å². The minimum Gasteiger partial charge on any atom is -0.366 e. The van der Waals surface area contributed by atoms with Crippen LogP contribution in [-0.4, -0.2) is 10.5 Å². The van der Waals surface area contributed by atoms with Crippen LogP contribution < -0.4 is 5.73 Å². The average molecular weight is 350 g/mol. The van der Waals surface area contributed by atoms with E-state index in [-0.39, 0.29) is 0 Å². The molecule has 3 rings (SSSR count). The summed E-state index contributed by atoms with van der Waals surface area (Å²) >= 11 is 0. The number of aromatic nitrogens is 1. The molecule has 0 bridgehead atoms. The first-order valence-corrected chi connectivity index (χ1v) is 8.46. The molecule has 1 aliphatic rings. The van der Waals surface area contributed by atoms with Crippen LogP contribution in [0, 0.1) is 6.92 Å². The lowest BCUT2D eigenvalue weighted by atomic mass is 9.97. The fraction of sp³-hybridized carbons (Fsp3) is 0.421. The van der Waals surface area contributed by atoms with E-state index in [2.05, 4.69) is 4.57 Å². The van der Waals surface area contributed by atoms with Crippen LogP contribution in [0.4, 0.5) is 13.2 Å². The predicted molar refractivity (Wildman–Crippen MR) is 90.4 cm³/mol. The monoisotopic (exact) mass is 350 g/mol. The smallest absolute Gasteiger partial charge is 0.366 e. The third-order valence-corrected chi connectivity index (χ3v) is 4.70. The molecule has 1 aliphatic carbocycles. The zero-order chi connectivity index (χ0) is 18.4. The number of hydrogen-bond acceptors (Lipinski definition) is 1. The van der Waals surface area contributed by atoms with E-state index < -0.39 is 17.6 Å². The van der Waals surface area contributed by atoms with Gasteiger partial charge in [-0.25, -0.2) is 0 Å². The zero-order valence-electron chi connectivity index (χ0n) is 14.3. The van der Waals surface area contributed by atoms with Gasteiger partial charge in [-0.3, -0.25) is 4.79 Å². The highest BCUT2D eigenvalue weighted by Gasteiger charge is 2.33. The Morgan fingerprint density at radius 2 is 1.84 bits per heavy atom. The van der Waals surface area contributed by atoms with Gasteiger partial charge in [-0.2, -0.15) is 13.2 Å². The number of amides is 1. The summed E-state index contributed by atoms with van der Waals surface area (Å²) in [5.41, 5.74) is 8.44. The van der Waals surface area contributed by atoms with Gasteiger partial charge in [-0.05, 0) is 43.9 Å². The molecule has 2 N–H and O–H groups in total. The average Bonchev–Trinajstić information content (AvgIpc) is 3.31. The van der Waals surface area contributed by atoms with Crippen LogP contribution in [0.2, 0.25) is 0 Å². The molecule has 134 valence electrons. The largest absolute Gasteiger partial charge is 0.416 e. The van der Waals surface area contributed by atoms with Crippen molar-refractivity contribution in [2.24, 2.45) is 5.73 Å². The Morgan fingerprint density at radius 3 is 2.28 bits per heavy atom. The van der Waals surface area contributed by atoms with Crippen molar-refractivity contribution < 1.29 is 18.0 Å². The van der Waals surface area contributed by atoms with Crippen LogP contribution in [0.15, 0.2) is 24.3 Å². The highest BCUT2D eigenvalue weighted by atomic mass is 19.4. The summed E-state index contributed by atoms with van der Waals surface area (Å²) in [4.78, 5) is 12.1. The highest BCUT2D eigenvalue weighted by molar-refractivity contribution is 6.02. The Bertz CT molecular complexity index is 800. The lowest BCUT2D eigenvalue weighted by molar-refractivity contribution is -0.137. The van der Waals surface area contributed by atoms with Crippen molar-refractivity contribution in [1.82, 2.24) is 4.57 Å². The number of carbonyl (C=O) groups is 1. The molecule has 0 radical (unpaired) electrons. The van der Waals surface area contributed by atoms with Crippen molar-refractivity contribution in [3.8, 4) is 11.1 Å². The Hall–Kier alpha value is -2.24. The van der Waals surface area contributed by atoms with E-state index in [1.807, 2.05) is 13.8 Å². The van der Waals surface area contributed by atoms with Gasteiger partial charge in [-0.1, -0.05) is 25.5 Å². The summed E-state index contributed by atoms with van der Waals surface area (Å²) in [6.07, 6.45) is -0.649. The molecule has 1 amide bonds. The Balaban J connectivity index is 2.20. The molecule has 0 saturated heterocycles. The molecule has 0 spiro atoms. The maximum Gasteiger partial charge on any atom is 0.416 e. The number of carbonyl (C=O) groups excluding carboxylic acids is 1. The van der Waals surface area contributed by atoms with Crippen LogP contribution in [0.25, 0.3) is 11.1 Å².